The smallest absolute Gasteiger partial charge is 0.214 e. The largest absolute Gasteiger partial charge is 0.373 e. The highest BCUT2D eigenvalue weighted by Gasteiger charge is 2.32. The third-order valence-corrected chi connectivity index (χ3v) is 7.65. The van der Waals surface area contributed by atoms with Gasteiger partial charge in [-0.1, -0.05) is 43.7 Å². The van der Waals surface area contributed by atoms with Gasteiger partial charge in [0, 0.05) is 37.2 Å². The molecule has 3 heterocycles. The van der Waals surface area contributed by atoms with Gasteiger partial charge in [-0.15, -0.1) is 0 Å². The zero-order valence-electron chi connectivity index (χ0n) is 16.6. The van der Waals surface area contributed by atoms with E-state index in [9.17, 15) is 8.42 Å². The van der Waals surface area contributed by atoms with Crippen molar-refractivity contribution in [2.24, 2.45) is 0 Å². The molecule has 0 saturated carbocycles. The van der Waals surface area contributed by atoms with Gasteiger partial charge in [-0.05, 0) is 30.0 Å². The Bertz CT molecular complexity index is 957. The van der Waals surface area contributed by atoms with Crippen molar-refractivity contribution in [2.45, 2.75) is 58.8 Å². The lowest BCUT2D eigenvalue weighted by Crippen LogP contribution is -2.39. The summed E-state index contributed by atoms with van der Waals surface area (Å²) in [6.45, 7) is 5.56. The Balaban J connectivity index is 1.76. The molecule has 150 valence electrons. The molecular weight excluding hydrogens is 372 g/mol. The number of hydrogen-bond acceptors (Lipinski definition) is 4. The Hall–Kier alpha value is -1.76. The highest BCUT2D eigenvalue weighted by Crippen LogP contribution is 2.36. The average Bonchev–Trinajstić information content (AvgIpc) is 2.71. The second-order valence-electron chi connectivity index (χ2n) is 7.79. The van der Waals surface area contributed by atoms with Gasteiger partial charge in [-0.3, -0.25) is 4.98 Å². The maximum atomic E-state index is 12.7. The van der Waals surface area contributed by atoms with E-state index in [0.717, 1.165) is 40.9 Å². The van der Waals surface area contributed by atoms with E-state index < -0.39 is 10.0 Å². The lowest BCUT2D eigenvalue weighted by molar-refractivity contribution is 0.0400. The number of unbranched alkanes of at least 4 members (excludes halogenated alkanes) is 1. The van der Waals surface area contributed by atoms with E-state index in [1.807, 2.05) is 25.1 Å². The Morgan fingerprint density at radius 2 is 1.96 bits per heavy atom. The van der Waals surface area contributed by atoms with Gasteiger partial charge in [0.1, 0.15) is 0 Å². The summed E-state index contributed by atoms with van der Waals surface area (Å²) in [6, 6.07) is 10.3. The minimum atomic E-state index is -3.22. The van der Waals surface area contributed by atoms with Crippen LogP contribution in [0.4, 0.5) is 0 Å². The molecule has 1 aromatic heterocycles. The summed E-state index contributed by atoms with van der Waals surface area (Å²) in [7, 11) is -3.22. The molecule has 0 bridgehead atoms. The topological polar surface area (TPSA) is 59.5 Å². The molecule has 2 aromatic rings. The highest BCUT2D eigenvalue weighted by molar-refractivity contribution is 7.89. The van der Waals surface area contributed by atoms with Crippen LogP contribution in [0.2, 0.25) is 0 Å². The van der Waals surface area contributed by atoms with Crippen molar-refractivity contribution >= 4 is 10.0 Å². The van der Waals surface area contributed by atoms with Crippen molar-refractivity contribution in [2.75, 3.05) is 12.3 Å². The number of benzene rings is 1. The zero-order chi connectivity index (χ0) is 19.7. The minimum absolute atomic E-state index is 0.141. The van der Waals surface area contributed by atoms with Crippen LogP contribution >= 0.6 is 0 Å². The number of nitrogens with zero attached hydrogens (tertiary/aromatic N) is 2. The van der Waals surface area contributed by atoms with Crippen molar-refractivity contribution in [3.63, 3.8) is 0 Å². The maximum absolute atomic E-state index is 12.7. The standard InChI is InChI=1S/C22H28N2O3S/c1-3-4-12-28(25,26)24-11-10-21-19(14-24)20-15-27-16(2)13-18(20)22(23-21)17-8-6-5-7-9-17/h5-9,16H,3-4,10-15H2,1-2H3/t16-/m0/s1. The fourth-order valence-corrected chi connectivity index (χ4v) is 5.75. The number of pyridine rings is 1. The Kier molecular flexibility index (Phi) is 5.54. The lowest BCUT2D eigenvalue weighted by Gasteiger charge is -2.33. The van der Waals surface area contributed by atoms with E-state index >= 15 is 0 Å². The fourth-order valence-electron chi connectivity index (χ4n) is 4.14. The number of hydrogen-bond donors (Lipinski definition) is 0. The first-order valence-corrected chi connectivity index (χ1v) is 11.8. The molecule has 6 heteroatoms. The molecule has 2 aliphatic heterocycles. The minimum Gasteiger partial charge on any atom is -0.373 e. The number of aromatic nitrogens is 1. The summed E-state index contributed by atoms with van der Waals surface area (Å²) in [6.07, 6.45) is 3.19. The van der Waals surface area contributed by atoms with Crippen molar-refractivity contribution < 1.29 is 13.2 Å². The second-order valence-corrected chi connectivity index (χ2v) is 9.88. The van der Waals surface area contributed by atoms with Crippen molar-refractivity contribution in [1.29, 1.82) is 0 Å². The van der Waals surface area contributed by atoms with Crippen LogP contribution in [0.5, 0.6) is 0 Å². The van der Waals surface area contributed by atoms with Gasteiger partial charge in [0.25, 0.3) is 0 Å². The second kappa shape index (κ2) is 7.93. The third kappa shape index (κ3) is 3.73. The highest BCUT2D eigenvalue weighted by atomic mass is 32.2. The Labute approximate surface area is 167 Å². The van der Waals surface area contributed by atoms with E-state index in [4.69, 9.17) is 9.72 Å². The molecular formula is C22H28N2O3S. The summed E-state index contributed by atoms with van der Waals surface area (Å²) < 4.78 is 33.1. The summed E-state index contributed by atoms with van der Waals surface area (Å²) in [5, 5.41) is 0. The summed E-state index contributed by atoms with van der Waals surface area (Å²) >= 11 is 0. The Morgan fingerprint density at radius 1 is 1.18 bits per heavy atom. The van der Waals surface area contributed by atoms with Gasteiger partial charge in [0.2, 0.25) is 10.0 Å². The normalized spacial score (nSPS) is 19.9. The summed E-state index contributed by atoms with van der Waals surface area (Å²) in [5.74, 6) is 0.226. The van der Waals surface area contributed by atoms with E-state index in [1.165, 1.54) is 5.56 Å². The maximum Gasteiger partial charge on any atom is 0.214 e. The molecule has 0 spiro atoms. The van der Waals surface area contributed by atoms with Crippen LogP contribution in [-0.4, -0.2) is 36.1 Å². The van der Waals surface area contributed by atoms with Crippen LogP contribution in [0.3, 0.4) is 0 Å². The molecule has 28 heavy (non-hydrogen) atoms. The van der Waals surface area contributed by atoms with E-state index in [2.05, 4.69) is 19.1 Å². The molecule has 4 rings (SSSR count). The van der Waals surface area contributed by atoms with Gasteiger partial charge in [-0.25, -0.2) is 8.42 Å². The number of rotatable bonds is 5. The van der Waals surface area contributed by atoms with Crippen LogP contribution in [-0.2, 0) is 40.8 Å². The van der Waals surface area contributed by atoms with Crippen LogP contribution in [0, 0.1) is 0 Å². The molecule has 2 aliphatic rings. The van der Waals surface area contributed by atoms with Gasteiger partial charge in [-0.2, -0.15) is 4.31 Å². The van der Waals surface area contributed by atoms with Crippen molar-refractivity contribution in [3.05, 3.63) is 52.7 Å². The zero-order valence-corrected chi connectivity index (χ0v) is 17.5. The molecule has 0 N–H and O–H groups in total. The molecule has 0 saturated heterocycles. The van der Waals surface area contributed by atoms with Gasteiger partial charge < -0.3 is 4.74 Å². The molecule has 0 unspecified atom stereocenters. The predicted molar refractivity (Wildman–Crippen MR) is 110 cm³/mol. The molecule has 0 radical (unpaired) electrons. The summed E-state index contributed by atoms with van der Waals surface area (Å²) in [4.78, 5) is 5.03. The fraction of sp³-hybridized carbons (Fsp3) is 0.500. The van der Waals surface area contributed by atoms with E-state index in [-0.39, 0.29) is 11.9 Å². The molecule has 0 aliphatic carbocycles. The quantitative estimate of drug-likeness (QED) is 0.768. The van der Waals surface area contributed by atoms with Crippen molar-refractivity contribution in [1.82, 2.24) is 9.29 Å². The average molecular weight is 401 g/mol. The first-order valence-electron chi connectivity index (χ1n) is 10.2. The summed E-state index contributed by atoms with van der Waals surface area (Å²) in [5.41, 5.74) is 6.61. The monoisotopic (exact) mass is 400 g/mol. The van der Waals surface area contributed by atoms with Gasteiger partial charge in [0.05, 0.1) is 24.2 Å². The van der Waals surface area contributed by atoms with E-state index in [1.54, 1.807) is 4.31 Å². The van der Waals surface area contributed by atoms with Gasteiger partial charge in [0.15, 0.2) is 0 Å². The number of ether oxygens (including phenoxy) is 1. The number of sulfonamides is 1. The number of fused-ring (bicyclic) bond motifs is 3. The van der Waals surface area contributed by atoms with Crippen LogP contribution in [0.15, 0.2) is 30.3 Å². The SMILES string of the molecule is CCCCS(=O)(=O)N1CCc2nc(-c3ccccc3)c3c(c2C1)CO[C@@H](C)C3. The third-order valence-electron chi connectivity index (χ3n) is 5.74. The Morgan fingerprint density at radius 3 is 2.71 bits per heavy atom. The first kappa shape index (κ1) is 19.6. The first-order chi connectivity index (χ1) is 13.5. The van der Waals surface area contributed by atoms with Crippen LogP contribution in [0.25, 0.3) is 11.3 Å². The van der Waals surface area contributed by atoms with E-state index in [0.29, 0.717) is 32.5 Å². The van der Waals surface area contributed by atoms with Gasteiger partial charge >= 0.3 is 0 Å². The molecule has 0 amide bonds. The molecule has 1 aromatic carbocycles. The lowest BCUT2D eigenvalue weighted by atomic mass is 9.89. The predicted octanol–water partition coefficient (Wildman–Crippen LogP) is 3.70. The van der Waals surface area contributed by atoms with Crippen LogP contribution < -0.4 is 0 Å². The van der Waals surface area contributed by atoms with Crippen molar-refractivity contribution in [3.8, 4) is 11.3 Å². The molecule has 1 atom stereocenters. The van der Waals surface area contributed by atoms with Crippen LogP contribution in [0.1, 0.15) is 49.1 Å². The molecule has 0 fully saturated rings. The molecule has 5 nitrogen and oxygen atoms in total.